The van der Waals surface area contributed by atoms with E-state index in [1.54, 1.807) is 12.1 Å². The molecule has 0 heterocycles. The van der Waals surface area contributed by atoms with Gasteiger partial charge in [0.2, 0.25) is 0 Å². The summed E-state index contributed by atoms with van der Waals surface area (Å²) >= 11 is 0. The minimum absolute atomic E-state index is 0.355. The molecule has 0 aliphatic heterocycles. The fourth-order valence-corrected chi connectivity index (χ4v) is 1.95. The molecule has 2 aromatic rings. The molecular formula is C15H14O2. The molecule has 17 heavy (non-hydrogen) atoms. The first-order chi connectivity index (χ1) is 8.09. The molecule has 1 N–H and O–H groups in total. The Kier molecular flexibility index (Phi) is 2.96. The number of hydrogen-bond acceptors (Lipinski definition) is 1. The fourth-order valence-electron chi connectivity index (χ4n) is 1.95. The number of aryl methyl sites for hydroxylation is 2. The van der Waals surface area contributed by atoms with Crippen molar-refractivity contribution in [2.45, 2.75) is 13.8 Å². The number of carboxylic acid groups (broad SMARTS) is 1. The van der Waals surface area contributed by atoms with E-state index in [1.165, 1.54) is 5.56 Å². The highest BCUT2D eigenvalue weighted by molar-refractivity contribution is 5.97. The van der Waals surface area contributed by atoms with Crippen LogP contribution in [0, 0.1) is 13.8 Å². The van der Waals surface area contributed by atoms with Crippen molar-refractivity contribution in [3.05, 3.63) is 59.2 Å². The van der Waals surface area contributed by atoms with Gasteiger partial charge < -0.3 is 5.11 Å². The van der Waals surface area contributed by atoms with Gasteiger partial charge in [-0.2, -0.15) is 0 Å². The van der Waals surface area contributed by atoms with Crippen molar-refractivity contribution < 1.29 is 9.90 Å². The second-order valence-electron chi connectivity index (χ2n) is 4.17. The van der Waals surface area contributed by atoms with Crippen molar-refractivity contribution in [2.75, 3.05) is 0 Å². The van der Waals surface area contributed by atoms with Gasteiger partial charge in [-0.25, -0.2) is 4.79 Å². The van der Waals surface area contributed by atoms with Crippen molar-refractivity contribution in [2.24, 2.45) is 0 Å². The summed E-state index contributed by atoms with van der Waals surface area (Å²) in [5.41, 5.74) is 4.26. The average molecular weight is 226 g/mol. The van der Waals surface area contributed by atoms with E-state index in [2.05, 4.69) is 0 Å². The minimum atomic E-state index is -0.885. The summed E-state index contributed by atoms with van der Waals surface area (Å²) < 4.78 is 0. The summed E-state index contributed by atoms with van der Waals surface area (Å²) in [7, 11) is 0. The van der Waals surface area contributed by atoms with Gasteiger partial charge in [0.05, 0.1) is 5.56 Å². The lowest BCUT2D eigenvalue weighted by Crippen LogP contribution is -2.01. The molecule has 86 valence electrons. The van der Waals surface area contributed by atoms with Gasteiger partial charge in [0.15, 0.2) is 0 Å². The number of carboxylic acids is 1. The van der Waals surface area contributed by atoms with Crippen molar-refractivity contribution >= 4 is 5.97 Å². The van der Waals surface area contributed by atoms with Crippen molar-refractivity contribution in [1.82, 2.24) is 0 Å². The molecule has 2 nitrogen and oxygen atoms in total. The summed E-state index contributed by atoms with van der Waals surface area (Å²) in [6.45, 7) is 3.95. The third kappa shape index (κ3) is 2.21. The average Bonchev–Trinajstić information content (AvgIpc) is 2.30. The van der Waals surface area contributed by atoms with E-state index in [1.807, 2.05) is 44.2 Å². The van der Waals surface area contributed by atoms with Gasteiger partial charge in [-0.05, 0) is 36.6 Å². The van der Waals surface area contributed by atoms with E-state index < -0.39 is 5.97 Å². The third-order valence-corrected chi connectivity index (χ3v) is 2.84. The van der Waals surface area contributed by atoms with E-state index in [0.717, 1.165) is 16.7 Å². The lowest BCUT2D eigenvalue weighted by Gasteiger charge is -2.10. The Hall–Kier alpha value is -2.09. The summed E-state index contributed by atoms with van der Waals surface area (Å²) in [6, 6.07) is 13.3. The minimum Gasteiger partial charge on any atom is -0.478 e. The molecule has 0 aromatic heterocycles. The molecule has 0 aliphatic rings. The lowest BCUT2D eigenvalue weighted by atomic mass is 9.94. The highest BCUT2D eigenvalue weighted by Gasteiger charge is 2.13. The van der Waals surface area contributed by atoms with E-state index in [0.29, 0.717) is 5.56 Å². The number of rotatable bonds is 2. The molecular weight excluding hydrogens is 212 g/mol. The number of hydrogen-bond donors (Lipinski definition) is 1. The molecule has 0 spiro atoms. The quantitative estimate of drug-likeness (QED) is 0.848. The maximum absolute atomic E-state index is 11.2. The predicted molar refractivity (Wildman–Crippen MR) is 68.3 cm³/mol. The second-order valence-corrected chi connectivity index (χ2v) is 4.17. The van der Waals surface area contributed by atoms with Crippen LogP contribution in [0.4, 0.5) is 0 Å². The Bertz CT molecular complexity index is 554. The van der Waals surface area contributed by atoms with Gasteiger partial charge in [-0.15, -0.1) is 0 Å². The highest BCUT2D eigenvalue weighted by Crippen LogP contribution is 2.27. The molecule has 0 unspecified atom stereocenters. The molecule has 0 atom stereocenters. The summed E-state index contributed by atoms with van der Waals surface area (Å²) in [4.78, 5) is 11.2. The maximum atomic E-state index is 11.2. The molecule has 0 bridgehead atoms. The Morgan fingerprint density at radius 3 is 2.24 bits per heavy atom. The Balaban J connectivity index is 2.65. The SMILES string of the molecule is Cc1ccc(-c2c(C)cccc2C(=O)O)cc1. The van der Waals surface area contributed by atoms with Crippen LogP contribution in [0.1, 0.15) is 21.5 Å². The summed E-state index contributed by atoms with van der Waals surface area (Å²) in [6.07, 6.45) is 0. The Morgan fingerprint density at radius 1 is 1.00 bits per heavy atom. The van der Waals surface area contributed by atoms with E-state index in [9.17, 15) is 9.90 Å². The summed E-state index contributed by atoms with van der Waals surface area (Å²) in [5, 5.41) is 9.21. The van der Waals surface area contributed by atoms with Crippen molar-refractivity contribution in [3.8, 4) is 11.1 Å². The first-order valence-electron chi connectivity index (χ1n) is 5.49. The van der Waals surface area contributed by atoms with Gasteiger partial charge in [0.1, 0.15) is 0 Å². The molecule has 2 aromatic carbocycles. The molecule has 0 aliphatic carbocycles. The smallest absolute Gasteiger partial charge is 0.336 e. The monoisotopic (exact) mass is 226 g/mol. The van der Waals surface area contributed by atoms with E-state index in [4.69, 9.17) is 0 Å². The number of carbonyl (C=O) groups is 1. The molecule has 0 saturated carbocycles. The molecule has 0 amide bonds. The van der Waals surface area contributed by atoms with Crippen LogP contribution in [-0.4, -0.2) is 11.1 Å². The van der Waals surface area contributed by atoms with E-state index >= 15 is 0 Å². The van der Waals surface area contributed by atoms with Gasteiger partial charge in [-0.1, -0.05) is 42.0 Å². The van der Waals surface area contributed by atoms with Gasteiger partial charge in [0, 0.05) is 0 Å². The van der Waals surface area contributed by atoms with Crippen LogP contribution in [-0.2, 0) is 0 Å². The van der Waals surface area contributed by atoms with Gasteiger partial charge in [-0.3, -0.25) is 0 Å². The second kappa shape index (κ2) is 4.42. The lowest BCUT2D eigenvalue weighted by molar-refractivity contribution is 0.0697. The zero-order valence-corrected chi connectivity index (χ0v) is 9.90. The molecule has 0 saturated heterocycles. The first-order valence-corrected chi connectivity index (χ1v) is 5.49. The molecule has 0 fully saturated rings. The molecule has 2 rings (SSSR count). The van der Waals surface area contributed by atoms with Crippen LogP contribution < -0.4 is 0 Å². The molecule has 0 radical (unpaired) electrons. The third-order valence-electron chi connectivity index (χ3n) is 2.84. The number of benzene rings is 2. The highest BCUT2D eigenvalue weighted by atomic mass is 16.4. The maximum Gasteiger partial charge on any atom is 0.336 e. The largest absolute Gasteiger partial charge is 0.478 e. The van der Waals surface area contributed by atoms with E-state index in [-0.39, 0.29) is 0 Å². The standard InChI is InChI=1S/C15H14O2/c1-10-6-8-12(9-7-10)14-11(2)4-3-5-13(14)15(16)17/h3-9H,1-2H3,(H,16,17). The topological polar surface area (TPSA) is 37.3 Å². The van der Waals surface area contributed by atoms with Crippen LogP contribution in [0.25, 0.3) is 11.1 Å². The van der Waals surface area contributed by atoms with Crippen LogP contribution in [0.5, 0.6) is 0 Å². The van der Waals surface area contributed by atoms with Crippen molar-refractivity contribution in [1.29, 1.82) is 0 Å². The molecule has 2 heteroatoms. The predicted octanol–water partition coefficient (Wildman–Crippen LogP) is 3.67. The zero-order chi connectivity index (χ0) is 12.4. The zero-order valence-electron chi connectivity index (χ0n) is 9.90. The Labute approximate surface area is 101 Å². The number of aromatic carboxylic acids is 1. The summed E-state index contributed by atoms with van der Waals surface area (Å²) in [5.74, 6) is -0.885. The van der Waals surface area contributed by atoms with Gasteiger partial charge >= 0.3 is 5.97 Å². The van der Waals surface area contributed by atoms with Crippen LogP contribution in [0.15, 0.2) is 42.5 Å². The van der Waals surface area contributed by atoms with Crippen LogP contribution in [0.3, 0.4) is 0 Å². The first kappa shape index (κ1) is 11.4. The van der Waals surface area contributed by atoms with Crippen LogP contribution >= 0.6 is 0 Å². The van der Waals surface area contributed by atoms with Crippen molar-refractivity contribution in [3.63, 3.8) is 0 Å². The normalized spacial score (nSPS) is 10.2. The van der Waals surface area contributed by atoms with Gasteiger partial charge in [0.25, 0.3) is 0 Å². The Morgan fingerprint density at radius 2 is 1.65 bits per heavy atom. The van der Waals surface area contributed by atoms with Crippen LogP contribution in [0.2, 0.25) is 0 Å². The fraction of sp³-hybridized carbons (Fsp3) is 0.133.